The van der Waals surface area contributed by atoms with Crippen molar-refractivity contribution >= 4 is 11.6 Å². The van der Waals surface area contributed by atoms with Crippen molar-refractivity contribution in [3.63, 3.8) is 0 Å². The van der Waals surface area contributed by atoms with E-state index in [1.165, 1.54) is 5.56 Å². The summed E-state index contributed by atoms with van der Waals surface area (Å²) in [5.41, 5.74) is 2.88. The van der Waals surface area contributed by atoms with E-state index in [1.54, 1.807) is 0 Å². The molecular weight excluding hydrogens is 286 g/mol. The molecule has 1 aromatic carbocycles. The number of nitrogens with zero attached hydrogens (tertiary/aromatic N) is 2. The van der Waals surface area contributed by atoms with Crippen LogP contribution in [0.15, 0.2) is 35.1 Å². The molecule has 21 heavy (non-hydrogen) atoms. The Morgan fingerprint density at radius 3 is 2.86 bits per heavy atom. The zero-order valence-electron chi connectivity index (χ0n) is 12.0. The van der Waals surface area contributed by atoms with Crippen LogP contribution in [0.1, 0.15) is 34.9 Å². The number of halogens is 1. The number of aromatic amines is 1. The maximum atomic E-state index is 12.2. The highest BCUT2D eigenvalue weighted by Gasteiger charge is 2.21. The van der Waals surface area contributed by atoms with Gasteiger partial charge in [0.15, 0.2) is 0 Å². The van der Waals surface area contributed by atoms with Crippen LogP contribution < -0.4 is 5.56 Å². The van der Waals surface area contributed by atoms with Crippen molar-refractivity contribution in [3.8, 4) is 0 Å². The summed E-state index contributed by atoms with van der Waals surface area (Å²) in [5, 5.41) is -0.273. The summed E-state index contributed by atoms with van der Waals surface area (Å²) in [4.78, 5) is 21.8. The second kappa shape index (κ2) is 6.00. The topological polar surface area (TPSA) is 49.0 Å². The molecule has 2 heterocycles. The van der Waals surface area contributed by atoms with E-state index in [1.807, 2.05) is 25.1 Å². The Morgan fingerprint density at radius 1 is 1.38 bits per heavy atom. The largest absolute Gasteiger partial charge is 0.309 e. The molecule has 1 aliphatic heterocycles. The molecule has 1 aliphatic rings. The van der Waals surface area contributed by atoms with E-state index in [0.717, 1.165) is 30.8 Å². The second-order valence-electron chi connectivity index (χ2n) is 5.44. The van der Waals surface area contributed by atoms with E-state index in [0.29, 0.717) is 12.4 Å². The van der Waals surface area contributed by atoms with Gasteiger partial charge in [0.25, 0.3) is 5.56 Å². The van der Waals surface area contributed by atoms with Crippen LogP contribution >= 0.6 is 11.6 Å². The fourth-order valence-electron chi connectivity index (χ4n) is 2.67. The van der Waals surface area contributed by atoms with Gasteiger partial charge in [0.2, 0.25) is 0 Å². The highest BCUT2D eigenvalue weighted by Crippen LogP contribution is 2.19. The van der Waals surface area contributed by atoms with Crippen molar-refractivity contribution in [2.45, 2.75) is 31.8 Å². The molecular formula is C16H18ClN3O. The quantitative estimate of drug-likeness (QED) is 0.887. The summed E-state index contributed by atoms with van der Waals surface area (Å²) in [6, 6.07) is 10.3. The Hall–Kier alpha value is -1.65. The molecule has 0 saturated heterocycles. The Bertz CT molecular complexity index is 682. The smallest absolute Gasteiger partial charge is 0.255 e. The number of benzene rings is 1. The molecule has 5 heteroatoms. The van der Waals surface area contributed by atoms with Gasteiger partial charge in [-0.05, 0) is 12.5 Å². The van der Waals surface area contributed by atoms with Crippen molar-refractivity contribution in [2.75, 3.05) is 6.54 Å². The molecule has 0 fully saturated rings. The third-order valence-electron chi connectivity index (χ3n) is 3.79. The maximum absolute atomic E-state index is 12.2. The molecule has 1 N–H and O–H groups in total. The first-order valence-corrected chi connectivity index (χ1v) is 7.59. The average molecular weight is 304 g/mol. The van der Waals surface area contributed by atoms with Gasteiger partial charge in [-0.2, -0.15) is 0 Å². The number of hydrogen-bond donors (Lipinski definition) is 1. The molecule has 1 aromatic heterocycles. The van der Waals surface area contributed by atoms with E-state index in [9.17, 15) is 4.79 Å². The van der Waals surface area contributed by atoms with Gasteiger partial charge in [0.05, 0.1) is 16.6 Å². The van der Waals surface area contributed by atoms with E-state index < -0.39 is 0 Å². The first kappa shape index (κ1) is 14.3. The van der Waals surface area contributed by atoms with Gasteiger partial charge >= 0.3 is 0 Å². The Labute approximate surface area is 128 Å². The number of hydrogen-bond acceptors (Lipinski definition) is 3. The summed E-state index contributed by atoms with van der Waals surface area (Å²) in [6.45, 7) is 4.22. The Kier molecular flexibility index (Phi) is 4.08. The fraction of sp³-hybridized carbons (Fsp3) is 0.375. The van der Waals surface area contributed by atoms with Crippen molar-refractivity contribution in [1.29, 1.82) is 0 Å². The third kappa shape index (κ3) is 3.17. The molecule has 0 amide bonds. The van der Waals surface area contributed by atoms with Gasteiger partial charge in [-0.3, -0.25) is 9.69 Å². The van der Waals surface area contributed by atoms with Gasteiger partial charge in [-0.25, -0.2) is 4.98 Å². The lowest BCUT2D eigenvalue weighted by Crippen LogP contribution is -2.35. The van der Waals surface area contributed by atoms with Crippen LogP contribution in [-0.2, 0) is 19.5 Å². The second-order valence-corrected chi connectivity index (χ2v) is 6.09. The number of alkyl halides is 1. The minimum absolute atomic E-state index is 0.0553. The number of aromatic nitrogens is 2. The van der Waals surface area contributed by atoms with E-state index in [-0.39, 0.29) is 10.9 Å². The summed E-state index contributed by atoms with van der Waals surface area (Å²) < 4.78 is 0. The van der Waals surface area contributed by atoms with E-state index in [2.05, 4.69) is 27.0 Å². The zero-order chi connectivity index (χ0) is 14.8. The summed E-state index contributed by atoms with van der Waals surface area (Å²) in [5.74, 6) is 0.567. The van der Waals surface area contributed by atoms with Gasteiger partial charge in [0, 0.05) is 26.1 Å². The molecule has 110 valence electrons. The van der Waals surface area contributed by atoms with E-state index >= 15 is 0 Å². The lowest BCUT2D eigenvalue weighted by atomic mass is 10.1. The highest BCUT2D eigenvalue weighted by molar-refractivity contribution is 6.20. The average Bonchev–Trinajstić information content (AvgIpc) is 2.48. The third-order valence-corrected chi connectivity index (χ3v) is 4.00. The molecule has 0 radical (unpaired) electrons. The van der Waals surface area contributed by atoms with Crippen LogP contribution in [0.4, 0.5) is 0 Å². The summed E-state index contributed by atoms with van der Waals surface area (Å²) >= 11 is 6.01. The first-order chi connectivity index (χ1) is 10.1. The minimum Gasteiger partial charge on any atom is -0.309 e. The van der Waals surface area contributed by atoms with Crippen LogP contribution in [0.2, 0.25) is 0 Å². The molecule has 0 saturated carbocycles. The summed E-state index contributed by atoms with van der Waals surface area (Å²) in [7, 11) is 0. The van der Waals surface area contributed by atoms with Crippen LogP contribution in [0.25, 0.3) is 0 Å². The molecule has 3 rings (SSSR count). The SMILES string of the molecule is CC(Cl)c1nc2c(c(=O)[nH]1)CN(Cc1ccccc1)CC2. The number of nitrogens with one attached hydrogen (secondary N) is 1. The van der Waals surface area contributed by atoms with E-state index in [4.69, 9.17) is 11.6 Å². The van der Waals surface area contributed by atoms with Crippen molar-refractivity contribution in [3.05, 3.63) is 63.3 Å². The molecule has 2 aromatic rings. The van der Waals surface area contributed by atoms with Crippen LogP contribution in [0.5, 0.6) is 0 Å². The lowest BCUT2D eigenvalue weighted by Gasteiger charge is -2.27. The molecule has 1 unspecified atom stereocenters. The number of H-pyrrole nitrogens is 1. The van der Waals surface area contributed by atoms with Gasteiger partial charge in [0.1, 0.15) is 5.82 Å². The zero-order valence-corrected chi connectivity index (χ0v) is 12.7. The predicted octanol–water partition coefficient (Wildman–Crippen LogP) is 2.63. The number of rotatable bonds is 3. The van der Waals surface area contributed by atoms with Crippen LogP contribution in [0.3, 0.4) is 0 Å². The summed E-state index contributed by atoms with van der Waals surface area (Å²) in [6.07, 6.45) is 0.794. The monoisotopic (exact) mass is 303 g/mol. The predicted molar refractivity (Wildman–Crippen MR) is 83.4 cm³/mol. The van der Waals surface area contributed by atoms with Crippen molar-refractivity contribution < 1.29 is 0 Å². The molecule has 1 atom stereocenters. The first-order valence-electron chi connectivity index (χ1n) is 7.16. The standard InChI is InChI=1S/C16H18ClN3O/c1-11(17)15-18-14-7-8-20(10-13(14)16(21)19-15)9-12-5-3-2-4-6-12/h2-6,11H,7-10H2,1H3,(H,18,19,21). The van der Waals surface area contributed by atoms with Crippen LogP contribution in [-0.4, -0.2) is 21.4 Å². The lowest BCUT2D eigenvalue weighted by molar-refractivity contribution is 0.241. The Morgan fingerprint density at radius 2 is 2.14 bits per heavy atom. The van der Waals surface area contributed by atoms with Crippen LogP contribution in [0, 0.1) is 0 Å². The maximum Gasteiger partial charge on any atom is 0.255 e. The van der Waals surface area contributed by atoms with Gasteiger partial charge in [-0.1, -0.05) is 30.3 Å². The molecule has 4 nitrogen and oxygen atoms in total. The van der Waals surface area contributed by atoms with Gasteiger partial charge < -0.3 is 4.98 Å². The minimum atomic E-state index is -0.273. The fourth-order valence-corrected chi connectivity index (χ4v) is 2.77. The molecule has 0 aliphatic carbocycles. The molecule has 0 bridgehead atoms. The number of fused-ring (bicyclic) bond motifs is 1. The molecule has 0 spiro atoms. The van der Waals surface area contributed by atoms with Crippen molar-refractivity contribution in [1.82, 2.24) is 14.9 Å². The van der Waals surface area contributed by atoms with Crippen molar-refractivity contribution in [2.24, 2.45) is 0 Å². The normalized spacial score (nSPS) is 16.5. The van der Waals surface area contributed by atoms with Gasteiger partial charge in [-0.15, -0.1) is 11.6 Å². The Balaban J connectivity index is 1.81. The highest BCUT2D eigenvalue weighted by atomic mass is 35.5.